The van der Waals surface area contributed by atoms with E-state index in [1.807, 2.05) is 22.9 Å². The molecule has 3 rings (SSSR count). The Hall–Kier alpha value is -1.97. The van der Waals surface area contributed by atoms with Crippen molar-refractivity contribution < 1.29 is 4.79 Å². The molecule has 0 saturated heterocycles. The van der Waals surface area contributed by atoms with Crippen LogP contribution >= 0.6 is 0 Å². The summed E-state index contributed by atoms with van der Waals surface area (Å²) in [5, 5.41) is 8.35. The van der Waals surface area contributed by atoms with Crippen molar-refractivity contribution in [2.45, 2.75) is 57.9 Å². The van der Waals surface area contributed by atoms with Crippen LogP contribution in [0.4, 0.5) is 0 Å². The Bertz CT molecular complexity index is 629. The smallest absolute Gasteiger partial charge is 0.172 e. The molecule has 1 unspecified atom stereocenters. The van der Waals surface area contributed by atoms with Gasteiger partial charge in [-0.25, -0.2) is 4.68 Å². The summed E-state index contributed by atoms with van der Waals surface area (Å²) < 4.78 is 1.93. The molecular formula is C19H25N3O. The molecule has 0 spiro atoms. The highest BCUT2D eigenvalue weighted by molar-refractivity contribution is 5.73. The standard InChI is InChI=1S/C19H25N3O/c1-15(17-10-6-3-7-11-17)22-19(18(14-23)20-21-22)13-12-16-8-4-2-5-9-16/h3,6-7,10-11,14-16H,2,4-5,8-9,12-13H2,1H3. The summed E-state index contributed by atoms with van der Waals surface area (Å²) in [6.45, 7) is 2.11. The molecule has 1 heterocycles. The van der Waals surface area contributed by atoms with Gasteiger partial charge in [0.1, 0.15) is 5.69 Å². The van der Waals surface area contributed by atoms with Crippen LogP contribution < -0.4 is 0 Å². The predicted molar refractivity (Wildman–Crippen MR) is 90.6 cm³/mol. The van der Waals surface area contributed by atoms with E-state index in [4.69, 9.17) is 0 Å². The van der Waals surface area contributed by atoms with Gasteiger partial charge in [0, 0.05) is 0 Å². The summed E-state index contributed by atoms with van der Waals surface area (Å²) in [7, 11) is 0. The third kappa shape index (κ3) is 3.69. The number of hydrogen-bond acceptors (Lipinski definition) is 3. The zero-order valence-corrected chi connectivity index (χ0v) is 13.8. The van der Waals surface area contributed by atoms with Crippen molar-refractivity contribution in [2.24, 2.45) is 5.92 Å². The third-order valence-corrected chi connectivity index (χ3v) is 5.10. The van der Waals surface area contributed by atoms with E-state index in [0.29, 0.717) is 5.69 Å². The lowest BCUT2D eigenvalue weighted by Gasteiger charge is -2.22. The Morgan fingerprint density at radius 2 is 1.96 bits per heavy atom. The lowest BCUT2D eigenvalue weighted by molar-refractivity contribution is 0.111. The van der Waals surface area contributed by atoms with Crippen LogP contribution in [0.3, 0.4) is 0 Å². The molecular weight excluding hydrogens is 286 g/mol. The number of carbonyl (C=O) groups excluding carboxylic acids is 1. The normalized spacial score (nSPS) is 17.1. The number of rotatable bonds is 6. The van der Waals surface area contributed by atoms with Crippen molar-refractivity contribution in [1.82, 2.24) is 15.0 Å². The zero-order chi connectivity index (χ0) is 16.1. The summed E-state index contributed by atoms with van der Waals surface area (Å²) in [5.74, 6) is 0.790. The first kappa shape index (κ1) is 15.9. The number of aromatic nitrogens is 3. The molecule has 0 radical (unpaired) electrons. The van der Waals surface area contributed by atoms with E-state index in [1.165, 1.54) is 37.7 Å². The zero-order valence-electron chi connectivity index (χ0n) is 13.8. The van der Waals surface area contributed by atoms with Crippen molar-refractivity contribution in [1.29, 1.82) is 0 Å². The van der Waals surface area contributed by atoms with E-state index in [1.54, 1.807) is 0 Å². The second-order valence-corrected chi connectivity index (χ2v) is 6.61. The Balaban J connectivity index is 1.78. The molecule has 4 heteroatoms. The molecule has 1 aromatic heterocycles. The minimum absolute atomic E-state index is 0.0961. The largest absolute Gasteiger partial charge is 0.296 e. The number of benzene rings is 1. The van der Waals surface area contributed by atoms with Gasteiger partial charge in [-0.15, -0.1) is 5.10 Å². The van der Waals surface area contributed by atoms with Gasteiger partial charge in [0.25, 0.3) is 0 Å². The summed E-state index contributed by atoms with van der Waals surface area (Å²) >= 11 is 0. The topological polar surface area (TPSA) is 47.8 Å². The third-order valence-electron chi connectivity index (χ3n) is 5.10. The molecule has 0 N–H and O–H groups in total. The quantitative estimate of drug-likeness (QED) is 0.751. The summed E-state index contributed by atoms with van der Waals surface area (Å²) in [6.07, 6.45) is 9.60. The van der Waals surface area contributed by atoms with Crippen LogP contribution in [0.2, 0.25) is 0 Å². The molecule has 1 aliphatic carbocycles. The fourth-order valence-electron chi connectivity index (χ4n) is 3.66. The fraction of sp³-hybridized carbons (Fsp3) is 0.526. The van der Waals surface area contributed by atoms with Crippen LogP contribution in [-0.4, -0.2) is 21.3 Å². The van der Waals surface area contributed by atoms with Gasteiger partial charge in [-0.2, -0.15) is 0 Å². The summed E-state index contributed by atoms with van der Waals surface area (Å²) in [6, 6.07) is 10.4. The maximum atomic E-state index is 11.3. The van der Waals surface area contributed by atoms with E-state index in [2.05, 4.69) is 29.4 Å². The molecule has 0 aliphatic heterocycles. The number of carbonyl (C=O) groups is 1. The van der Waals surface area contributed by atoms with Gasteiger partial charge in [-0.1, -0.05) is 67.6 Å². The van der Waals surface area contributed by atoms with Crippen LogP contribution in [0.1, 0.15) is 73.2 Å². The second kappa shape index (κ2) is 7.53. The number of nitrogens with zero attached hydrogens (tertiary/aromatic N) is 3. The minimum Gasteiger partial charge on any atom is -0.296 e. The van der Waals surface area contributed by atoms with Gasteiger partial charge >= 0.3 is 0 Å². The molecule has 1 atom stereocenters. The Kier molecular flexibility index (Phi) is 5.21. The van der Waals surface area contributed by atoms with Crippen molar-refractivity contribution in [3.05, 3.63) is 47.3 Å². The Labute approximate surface area is 137 Å². The van der Waals surface area contributed by atoms with Crippen molar-refractivity contribution >= 4 is 6.29 Å². The highest BCUT2D eigenvalue weighted by atomic mass is 16.1. The van der Waals surface area contributed by atoms with Crippen LogP contribution in [0.25, 0.3) is 0 Å². The van der Waals surface area contributed by atoms with Gasteiger partial charge in [-0.3, -0.25) is 4.79 Å². The molecule has 1 aliphatic rings. The summed E-state index contributed by atoms with van der Waals surface area (Å²) in [4.78, 5) is 11.3. The average molecular weight is 311 g/mol. The van der Waals surface area contributed by atoms with Gasteiger partial charge in [0.15, 0.2) is 6.29 Å². The first-order valence-corrected chi connectivity index (χ1v) is 8.73. The maximum absolute atomic E-state index is 11.3. The maximum Gasteiger partial charge on any atom is 0.172 e. The molecule has 1 aromatic carbocycles. The number of hydrogen-bond donors (Lipinski definition) is 0. The summed E-state index contributed by atoms with van der Waals surface area (Å²) in [5.41, 5.74) is 2.68. The molecule has 0 bridgehead atoms. The monoisotopic (exact) mass is 311 g/mol. The van der Waals surface area contributed by atoms with Crippen LogP contribution in [0.15, 0.2) is 30.3 Å². The van der Waals surface area contributed by atoms with Crippen molar-refractivity contribution in [3.63, 3.8) is 0 Å². The SMILES string of the molecule is CC(c1ccccc1)n1nnc(C=O)c1CCC1CCCCC1. The van der Waals surface area contributed by atoms with Crippen LogP contribution in [0, 0.1) is 5.92 Å². The molecule has 122 valence electrons. The molecule has 1 fully saturated rings. The van der Waals surface area contributed by atoms with E-state index in [9.17, 15) is 4.79 Å². The lowest BCUT2D eigenvalue weighted by atomic mass is 9.85. The van der Waals surface area contributed by atoms with Crippen molar-refractivity contribution in [2.75, 3.05) is 0 Å². The lowest BCUT2D eigenvalue weighted by Crippen LogP contribution is -2.15. The van der Waals surface area contributed by atoms with Gasteiger partial charge in [0.2, 0.25) is 0 Å². The van der Waals surface area contributed by atoms with Crippen LogP contribution in [-0.2, 0) is 6.42 Å². The van der Waals surface area contributed by atoms with Gasteiger partial charge in [0.05, 0.1) is 11.7 Å². The van der Waals surface area contributed by atoms with E-state index >= 15 is 0 Å². The van der Waals surface area contributed by atoms with E-state index in [-0.39, 0.29) is 6.04 Å². The highest BCUT2D eigenvalue weighted by Crippen LogP contribution is 2.28. The average Bonchev–Trinajstić information content (AvgIpc) is 3.04. The number of aldehydes is 1. The molecule has 4 nitrogen and oxygen atoms in total. The second-order valence-electron chi connectivity index (χ2n) is 6.61. The van der Waals surface area contributed by atoms with E-state index < -0.39 is 0 Å². The first-order valence-electron chi connectivity index (χ1n) is 8.73. The molecule has 23 heavy (non-hydrogen) atoms. The molecule has 1 saturated carbocycles. The minimum atomic E-state index is 0.0961. The fourth-order valence-corrected chi connectivity index (χ4v) is 3.66. The first-order chi connectivity index (χ1) is 11.3. The predicted octanol–water partition coefficient (Wildman–Crippen LogP) is 4.21. The Morgan fingerprint density at radius 3 is 2.65 bits per heavy atom. The Morgan fingerprint density at radius 1 is 1.22 bits per heavy atom. The van der Waals surface area contributed by atoms with E-state index in [0.717, 1.165) is 30.7 Å². The highest BCUT2D eigenvalue weighted by Gasteiger charge is 2.20. The van der Waals surface area contributed by atoms with Gasteiger partial charge in [-0.05, 0) is 31.2 Å². The van der Waals surface area contributed by atoms with Gasteiger partial charge < -0.3 is 0 Å². The van der Waals surface area contributed by atoms with Crippen LogP contribution in [0.5, 0.6) is 0 Å². The van der Waals surface area contributed by atoms with Crippen molar-refractivity contribution in [3.8, 4) is 0 Å². The molecule has 0 amide bonds. The molecule has 2 aromatic rings.